The maximum Gasteiger partial charge on any atom is 0.256 e. The summed E-state index contributed by atoms with van der Waals surface area (Å²) in [6.45, 7) is 7.37. The lowest BCUT2D eigenvalue weighted by atomic mass is 9.87. The topological polar surface area (TPSA) is 112 Å². The van der Waals surface area contributed by atoms with Gasteiger partial charge < -0.3 is 16.5 Å². The molecular formula is C29H39N5O. The van der Waals surface area contributed by atoms with Gasteiger partial charge in [-0.1, -0.05) is 50.5 Å². The first-order chi connectivity index (χ1) is 16.8. The van der Waals surface area contributed by atoms with Crippen molar-refractivity contribution < 1.29 is 0 Å². The van der Waals surface area contributed by atoms with Crippen molar-refractivity contribution in [2.75, 3.05) is 0 Å². The molecule has 0 radical (unpaired) electrons. The molecule has 4 rings (SSSR count). The summed E-state index contributed by atoms with van der Waals surface area (Å²) in [5.41, 5.74) is 16.8. The van der Waals surface area contributed by atoms with E-state index >= 15 is 0 Å². The number of amidine groups is 1. The van der Waals surface area contributed by atoms with Crippen molar-refractivity contribution in [1.82, 2.24) is 9.88 Å². The van der Waals surface area contributed by atoms with Gasteiger partial charge in [0.25, 0.3) is 5.56 Å². The minimum Gasteiger partial charge on any atom is -0.384 e. The van der Waals surface area contributed by atoms with E-state index in [9.17, 15) is 4.79 Å². The number of hydrogen-bond donors (Lipinski definition) is 4. The third kappa shape index (κ3) is 5.19. The molecule has 0 aliphatic carbocycles. The lowest BCUT2D eigenvalue weighted by molar-refractivity contribution is 0.0495. The summed E-state index contributed by atoms with van der Waals surface area (Å²) < 4.78 is 0. The molecule has 35 heavy (non-hydrogen) atoms. The summed E-state index contributed by atoms with van der Waals surface area (Å²) in [6.07, 6.45) is 7.05. The molecule has 1 saturated heterocycles. The van der Waals surface area contributed by atoms with Crippen LogP contribution in [-0.4, -0.2) is 27.8 Å². The van der Waals surface area contributed by atoms with Crippen LogP contribution in [0, 0.1) is 5.41 Å². The Morgan fingerprint density at radius 1 is 1.17 bits per heavy atom. The lowest BCUT2D eigenvalue weighted by Crippen LogP contribution is -2.46. The summed E-state index contributed by atoms with van der Waals surface area (Å²) in [5.74, 6) is -0.00922. The molecule has 0 spiro atoms. The zero-order chi connectivity index (χ0) is 25.1. The highest BCUT2D eigenvalue weighted by atomic mass is 16.1. The Bertz CT molecular complexity index is 1250. The molecule has 3 aromatic rings. The van der Waals surface area contributed by atoms with E-state index in [2.05, 4.69) is 36.7 Å². The molecule has 6 nitrogen and oxygen atoms in total. The Morgan fingerprint density at radius 3 is 2.57 bits per heavy atom. The number of unbranched alkanes of at least 4 members (excludes halogenated alkanes) is 1. The number of nitrogens with two attached hydrogens (primary N) is 2. The number of nitrogen functional groups attached to an aromatic ring is 1. The minimum atomic E-state index is -0.150. The number of piperidine rings is 1. The normalized spacial score (nSPS) is 19.7. The van der Waals surface area contributed by atoms with Crippen LogP contribution >= 0.6 is 0 Å². The minimum absolute atomic E-state index is 0.00922. The number of nitrogens with zero attached hydrogens (tertiary/aromatic N) is 1. The second-order valence-corrected chi connectivity index (χ2v) is 10.1. The zero-order valence-electron chi connectivity index (χ0n) is 21.2. The van der Waals surface area contributed by atoms with Gasteiger partial charge in [-0.3, -0.25) is 15.1 Å². The van der Waals surface area contributed by atoms with Gasteiger partial charge in [-0.25, -0.2) is 0 Å². The van der Waals surface area contributed by atoms with E-state index in [4.69, 9.17) is 16.9 Å². The molecule has 186 valence electrons. The Kier molecular flexibility index (Phi) is 7.72. The first-order valence-corrected chi connectivity index (χ1v) is 13.0. The average Bonchev–Trinajstić information content (AvgIpc) is 2.84. The number of fused-ring (bicyclic) bond motifs is 1. The Morgan fingerprint density at radius 2 is 1.91 bits per heavy atom. The monoisotopic (exact) mass is 473 g/mol. The summed E-state index contributed by atoms with van der Waals surface area (Å²) in [5, 5.41) is 8.87. The van der Waals surface area contributed by atoms with E-state index in [0.29, 0.717) is 29.8 Å². The van der Waals surface area contributed by atoms with Crippen molar-refractivity contribution in [1.29, 1.82) is 5.41 Å². The van der Waals surface area contributed by atoms with Crippen LogP contribution in [0.3, 0.4) is 0 Å². The van der Waals surface area contributed by atoms with Gasteiger partial charge in [0.1, 0.15) is 5.84 Å². The van der Waals surface area contributed by atoms with Crippen LogP contribution in [0.4, 0.5) is 0 Å². The molecule has 0 saturated carbocycles. The summed E-state index contributed by atoms with van der Waals surface area (Å²) in [4.78, 5) is 19.0. The second-order valence-electron chi connectivity index (χ2n) is 10.1. The van der Waals surface area contributed by atoms with Crippen LogP contribution < -0.4 is 17.0 Å². The number of likely N-dealkylation sites (tertiary alicyclic amines) is 1. The van der Waals surface area contributed by atoms with E-state index in [0.717, 1.165) is 41.3 Å². The summed E-state index contributed by atoms with van der Waals surface area (Å²) in [7, 11) is 0. The van der Waals surface area contributed by atoms with Crippen LogP contribution in [0.15, 0.2) is 47.3 Å². The number of pyridine rings is 1. The first-order valence-electron chi connectivity index (χ1n) is 13.0. The first kappa shape index (κ1) is 25.1. The van der Waals surface area contributed by atoms with E-state index in [-0.39, 0.29) is 17.4 Å². The average molecular weight is 474 g/mol. The molecule has 6 N–H and O–H groups in total. The third-order valence-corrected chi connectivity index (χ3v) is 7.59. The molecule has 1 fully saturated rings. The molecule has 0 bridgehead atoms. The largest absolute Gasteiger partial charge is 0.384 e. The Balaban J connectivity index is 1.94. The number of H-pyrrole nitrogens is 1. The second kappa shape index (κ2) is 10.8. The maximum absolute atomic E-state index is 13.2. The van der Waals surface area contributed by atoms with Crippen molar-refractivity contribution >= 4 is 16.7 Å². The molecule has 6 heteroatoms. The fourth-order valence-electron chi connectivity index (χ4n) is 5.78. The van der Waals surface area contributed by atoms with E-state index in [1.165, 1.54) is 24.8 Å². The van der Waals surface area contributed by atoms with Gasteiger partial charge >= 0.3 is 0 Å². The third-order valence-electron chi connectivity index (χ3n) is 7.59. The predicted molar refractivity (Wildman–Crippen MR) is 146 cm³/mol. The number of hydrogen-bond acceptors (Lipinski definition) is 4. The summed E-state index contributed by atoms with van der Waals surface area (Å²) >= 11 is 0. The maximum atomic E-state index is 13.2. The van der Waals surface area contributed by atoms with Gasteiger partial charge in [0.05, 0.1) is 0 Å². The smallest absolute Gasteiger partial charge is 0.256 e. The lowest BCUT2D eigenvalue weighted by Gasteiger charge is -2.45. The molecule has 1 aromatic heterocycles. The molecule has 2 aromatic carbocycles. The molecule has 3 unspecified atom stereocenters. The van der Waals surface area contributed by atoms with E-state index in [1.807, 2.05) is 30.3 Å². The number of aromatic amines is 1. The van der Waals surface area contributed by atoms with Crippen LogP contribution in [-0.2, 0) is 6.54 Å². The van der Waals surface area contributed by atoms with E-state index < -0.39 is 0 Å². The van der Waals surface area contributed by atoms with Crippen LogP contribution in [0.1, 0.15) is 82.0 Å². The van der Waals surface area contributed by atoms with E-state index in [1.54, 1.807) is 6.07 Å². The molecule has 3 atom stereocenters. The Hall–Kier alpha value is -2.96. The van der Waals surface area contributed by atoms with Crippen LogP contribution in [0.5, 0.6) is 0 Å². The molecule has 1 aliphatic rings. The highest BCUT2D eigenvalue weighted by Gasteiger charge is 2.32. The van der Waals surface area contributed by atoms with Gasteiger partial charge in [0.2, 0.25) is 0 Å². The predicted octanol–water partition coefficient (Wildman–Crippen LogP) is 5.43. The standard InChI is InChI=1S/C29H39N5O/c1-4-5-12-27(34-18(2)8-6-9-19(34)3)25-13-20(17-30)14-26-24(25)16-23(29(35)33-26)21-10-7-11-22(15-21)28(31)32/h7,10-11,13-16,18-19,27H,4-6,8-9,12,17,30H2,1-3H3,(H3,31,32)(H,33,35). The van der Waals surface area contributed by atoms with Crippen molar-refractivity contribution in [2.45, 2.75) is 84.0 Å². The highest BCUT2D eigenvalue weighted by Crippen LogP contribution is 2.39. The molecule has 1 aliphatic heterocycles. The van der Waals surface area contributed by atoms with Gasteiger partial charge in [-0.15, -0.1) is 0 Å². The Labute approximate surface area is 208 Å². The highest BCUT2D eigenvalue weighted by molar-refractivity contribution is 5.96. The number of benzene rings is 2. The quantitative estimate of drug-likeness (QED) is 0.258. The number of aromatic nitrogens is 1. The van der Waals surface area contributed by atoms with Crippen LogP contribution in [0.2, 0.25) is 0 Å². The number of rotatable bonds is 8. The SMILES string of the molecule is CCCCC(c1cc(CN)cc2[nH]c(=O)c(-c3cccc(C(=N)N)c3)cc12)N1C(C)CCCC1C. The van der Waals surface area contributed by atoms with Gasteiger partial charge in [0.15, 0.2) is 0 Å². The van der Waals surface area contributed by atoms with Gasteiger partial charge in [0, 0.05) is 46.7 Å². The summed E-state index contributed by atoms with van der Waals surface area (Å²) in [6, 6.07) is 14.9. The van der Waals surface area contributed by atoms with Crippen molar-refractivity contribution in [2.24, 2.45) is 11.5 Å². The van der Waals surface area contributed by atoms with Gasteiger partial charge in [-0.05, 0) is 68.0 Å². The molecular weight excluding hydrogens is 434 g/mol. The van der Waals surface area contributed by atoms with Crippen molar-refractivity contribution in [3.63, 3.8) is 0 Å². The van der Waals surface area contributed by atoms with Gasteiger partial charge in [-0.2, -0.15) is 0 Å². The fourth-order valence-corrected chi connectivity index (χ4v) is 5.78. The number of nitrogens with one attached hydrogen (secondary N) is 2. The van der Waals surface area contributed by atoms with Crippen molar-refractivity contribution in [3.8, 4) is 11.1 Å². The molecule has 2 heterocycles. The molecule has 0 amide bonds. The van der Waals surface area contributed by atoms with Crippen LogP contribution in [0.25, 0.3) is 22.0 Å². The van der Waals surface area contributed by atoms with Crippen molar-refractivity contribution in [3.05, 3.63) is 69.5 Å². The zero-order valence-corrected chi connectivity index (χ0v) is 21.2. The fraction of sp³-hybridized carbons (Fsp3) is 0.448.